The van der Waals surface area contributed by atoms with Crippen LogP contribution in [0, 0.1) is 26.7 Å². The summed E-state index contributed by atoms with van der Waals surface area (Å²) in [6, 6.07) is 2.53. The molecule has 40 heavy (non-hydrogen) atoms. The first-order valence-corrected chi connectivity index (χ1v) is 14.3. The Labute approximate surface area is 235 Å². The van der Waals surface area contributed by atoms with E-state index in [1.807, 2.05) is 44.5 Å². The summed E-state index contributed by atoms with van der Waals surface area (Å²) in [5.74, 6) is 0.675. The van der Waals surface area contributed by atoms with E-state index >= 15 is 0 Å². The van der Waals surface area contributed by atoms with Crippen molar-refractivity contribution in [1.29, 1.82) is 0 Å². The number of hydrogen-bond acceptors (Lipinski definition) is 6. The predicted octanol–water partition coefficient (Wildman–Crippen LogP) is 4.29. The van der Waals surface area contributed by atoms with Crippen molar-refractivity contribution in [2.45, 2.75) is 78.2 Å². The lowest BCUT2D eigenvalue weighted by Gasteiger charge is -2.39. The van der Waals surface area contributed by atoms with E-state index in [1.165, 1.54) is 0 Å². The fraction of sp³-hybridized carbons (Fsp3) is 0.516. The number of carbonyl (C=O) groups excluding carboxylic acids is 1. The minimum absolute atomic E-state index is 0.0917. The third-order valence-electron chi connectivity index (χ3n) is 9.24. The smallest absolute Gasteiger partial charge is 0.254 e. The summed E-state index contributed by atoms with van der Waals surface area (Å²) < 4.78 is 15.4. The van der Waals surface area contributed by atoms with E-state index in [0.29, 0.717) is 41.6 Å². The van der Waals surface area contributed by atoms with Gasteiger partial charge in [0.05, 0.1) is 24.1 Å². The number of amides is 1. The van der Waals surface area contributed by atoms with Crippen molar-refractivity contribution in [2.75, 3.05) is 20.6 Å². The van der Waals surface area contributed by atoms with E-state index in [9.17, 15) is 9.59 Å². The Morgan fingerprint density at radius 1 is 1.10 bits per heavy atom. The number of rotatable bonds is 5. The molecule has 9 heteroatoms. The van der Waals surface area contributed by atoms with Gasteiger partial charge in [-0.2, -0.15) is 0 Å². The molecule has 2 aliphatic heterocycles. The number of ether oxygens (including phenoxy) is 2. The van der Waals surface area contributed by atoms with E-state index in [4.69, 9.17) is 9.47 Å². The number of nitrogens with one attached hydrogen (secondary N) is 1. The molecule has 6 rings (SSSR count). The molecule has 0 bridgehead atoms. The number of H-pyrrole nitrogens is 1. The summed E-state index contributed by atoms with van der Waals surface area (Å²) in [6.45, 7) is 8.56. The van der Waals surface area contributed by atoms with Crippen LogP contribution in [0.25, 0.3) is 5.69 Å². The number of imidazole rings is 1. The monoisotopic (exact) mass is 545 g/mol. The lowest BCUT2D eigenvalue weighted by Crippen LogP contribution is -2.46. The van der Waals surface area contributed by atoms with Crippen molar-refractivity contribution in [2.24, 2.45) is 5.92 Å². The Kier molecular flexibility index (Phi) is 6.52. The number of benzene rings is 1. The molecule has 212 valence electrons. The molecule has 1 saturated carbocycles. The van der Waals surface area contributed by atoms with Gasteiger partial charge < -0.3 is 28.8 Å². The fourth-order valence-corrected chi connectivity index (χ4v) is 6.92. The molecule has 1 fully saturated rings. The molecular formula is C31H39N5O4. The Morgan fingerprint density at radius 2 is 1.82 bits per heavy atom. The van der Waals surface area contributed by atoms with Crippen LogP contribution in [0.15, 0.2) is 29.6 Å². The standard InChI is InChI=1S/C31H39N5O4/c1-18-15-19(2)33-29(37)24(18)16-35-13-11-23-25(30(35)38)20(3)27-28(26(23)36-14-12-32-17-36)40-31(4,39-27)21-7-9-22(10-8-21)34(5)6/h12,14-15,17,21-22H,7-11,13,16H2,1-6H3,(H,33,37). The van der Waals surface area contributed by atoms with Crippen LogP contribution in [0.5, 0.6) is 11.5 Å². The Bertz CT molecular complexity index is 1520. The highest BCUT2D eigenvalue weighted by molar-refractivity contribution is 6.01. The molecule has 1 atom stereocenters. The van der Waals surface area contributed by atoms with E-state index in [-0.39, 0.29) is 23.9 Å². The highest BCUT2D eigenvalue weighted by Crippen LogP contribution is 2.53. The number of aromatic nitrogens is 3. The summed E-state index contributed by atoms with van der Waals surface area (Å²) in [5.41, 5.74) is 5.39. The molecular weight excluding hydrogens is 506 g/mol. The van der Waals surface area contributed by atoms with Crippen molar-refractivity contribution >= 4 is 5.91 Å². The van der Waals surface area contributed by atoms with Crippen LogP contribution >= 0.6 is 0 Å². The Morgan fingerprint density at radius 3 is 2.48 bits per heavy atom. The highest BCUT2D eigenvalue weighted by atomic mass is 16.7. The van der Waals surface area contributed by atoms with Gasteiger partial charge in [-0.3, -0.25) is 9.59 Å². The first-order chi connectivity index (χ1) is 19.1. The van der Waals surface area contributed by atoms with Crippen LogP contribution in [0.1, 0.15) is 70.9 Å². The highest BCUT2D eigenvalue weighted by Gasteiger charge is 2.49. The van der Waals surface area contributed by atoms with Crippen LogP contribution < -0.4 is 15.0 Å². The molecule has 1 aliphatic carbocycles. The molecule has 4 heterocycles. The van der Waals surface area contributed by atoms with Crippen molar-refractivity contribution in [1.82, 2.24) is 24.3 Å². The van der Waals surface area contributed by atoms with Crippen LogP contribution in [-0.2, 0) is 13.0 Å². The molecule has 0 saturated heterocycles. The maximum atomic E-state index is 14.1. The molecule has 3 aromatic rings. The third-order valence-corrected chi connectivity index (χ3v) is 9.24. The molecule has 1 amide bonds. The summed E-state index contributed by atoms with van der Waals surface area (Å²) in [6.07, 6.45) is 10.2. The lowest BCUT2D eigenvalue weighted by atomic mass is 9.81. The number of pyridine rings is 1. The van der Waals surface area contributed by atoms with Crippen molar-refractivity contribution in [3.8, 4) is 17.2 Å². The van der Waals surface area contributed by atoms with E-state index < -0.39 is 5.79 Å². The molecule has 1 N–H and O–H groups in total. The number of hydrogen-bond donors (Lipinski definition) is 1. The van der Waals surface area contributed by atoms with E-state index in [2.05, 4.69) is 29.0 Å². The zero-order valence-electron chi connectivity index (χ0n) is 24.3. The number of aryl methyl sites for hydroxylation is 2. The number of fused-ring (bicyclic) bond motifs is 2. The summed E-state index contributed by atoms with van der Waals surface area (Å²) >= 11 is 0. The van der Waals surface area contributed by atoms with Gasteiger partial charge in [-0.15, -0.1) is 0 Å². The molecule has 3 aliphatic rings. The van der Waals surface area contributed by atoms with Gasteiger partial charge >= 0.3 is 0 Å². The van der Waals surface area contributed by atoms with Gasteiger partial charge in [0.1, 0.15) is 0 Å². The van der Waals surface area contributed by atoms with Gasteiger partial charge in [-0.1, -0.05) is 0 Å². The molecule has 0 spiro atoms. The summed E-state index contributed by atoms with van der Waals surface area (Å²) in [5, 5.41) is 0. The average Bonchev–Trinajstić information content (AvgIpc) is 3.56. The summed E-state index contributed by atoms with van der Waals surface area (Å²) in [4.78, 5) is 38.1. The number of carbonyl (C=O) groups is 1. The molecule has 1 unspecified atom stereocenters. The van der Waals surface area contributed by atoms with E-state index in [0.717, 1.165) is 53.8 Å². The second-order valence-electron chi connectivity index (χ2n) is 12.1. The molecule has 1 aromatic carbocycles. The Hall–Kier alpha value is -3.59. The van der Waals surface area contributed by atoms with Gasteiger partial charge in [0.15, 0.2) is 11.5 Å². The topological polar surface area (TPSA) is 92.7 Å². The number of aromatic amines is 1. The molecule has 9 nitrogen and oxygen atoms in total. The van der Waals surface area contributed by atoms with Gasteiger partial charge in [0.2, 0.25) is 0 Å². The normalized spacial score (nSPS) is 24.1. The molecule has 0 radical (unpaired) electrons. The maximum Gasteiger partial charge on any atom is 0.254 e. The minimum atomic E-state index is -0.807. The van der Waals surface area contributed by atoms with Crippen LogP contribution in [0.3, 0.4) is 0 Å². The van der Waals surface area contributed by atoms with Crippen molar-refractivity contribution in [3.63, 3.8) is 0 Å². The first kappa shape index (κ1) is 26.6. The van der Waals surface area contributed by atoms with Gasteiger partial charge in [0.25, 0.3) is 17.3 Å². The zero-order chi connectivity index (χ0) is 28.3. The van der Waals surface area contributed by atoms with Crippen LogP contribution in [0.4, 0.5) is 0 Å². The predicted molar refractivity (Wildman–Crippen MR) is 152 cm³/mol. The average molecular weight is 546 g/mol. The second-order valence-corrected chi connectivity index (χ2v) is 12.1. The molecule has 2 aromatic heterocycles. The lowest BCUT2D eigenvalue weighted by molar-refractivity contribution is -0.123. The van der Waals surface area contributed by atoms with Gasteiger partial charge in [-0.25, -0.2) is 4.98 Å². The van der Waals surface area contributed by atoms with Gasteiger partial charge in [-0.05, 0) is 84.2 Å². The van der Waals surface area contributed by atoms with Crippen molar-refractivity contribution < 1.29 is 14.3 Å². The van der Waals surface area contributed by atoms with Crippen molar-refractivity contribution in [3.05, 3.63) is 68.7 Å². The van der Waals surface area contributed by atoms with Gasteiger partial charge in [0, 0.05) is 54.6 Å². The Balaban J connectivity index is 1.38. The van der Waals surface area contributed by atoms with Crippen LogP contribution in [-0.4, -0.2) is 62.7 Å². The quantitative estimate of drug-likeness (QED) is 0.514. The first-order valence-electron chi connectivity index (χ1n) is 14.3. The maximum absolute atomic E-state index is 14.1. The number of nitrogens with zero attached hydrogens (tertiary/aromatic N) is 4. The van der Waals surface area contributed by atoms with Crippen LogP contribution in [0.2, 0.25) is 0 Å². The summed E-state index contributed by atoms with van der Waals surface area (Å²) in [7, 11) is 4.29. The largest absolute Gasteiger partial charge is 0.448 e. The minimum Gasteiger partial charge on any atom is -0.448 e. The zero-order valence-corrected chi connectivity index (χ0v) is 24.3. The van der Waals surface area contributed by atoms with E-state index in [1.54, 1.807) is 17.4 Å². The third kappa shape index (κ3) is 4.31. The second kappa shape index (κ2) is 9.80. The fourth-order valence-electron chi connectivity index (χ4n) is 6.92. The SMILES string of the molecule is Cc1cc(C)c(CN2CCc3c(c(C)c4c(c3-n3ccnc3)OC(C)(C3CCC(N(C)C)CC3)O4)C2=O)c(=O)[nH]1.